The lowest BCUT2D eigenvalue weighted by molar-refractivity contribution is 0.104. The summed E-state index contributed by atoms with van der Waals surface area (Å²) in [6, 6.07) is 40.6. The maximum Gasteiger partial charge on any atom is 0.185 e. The number of rotatable bonds is 13. The first-order valence-electron chi connectivity index (χ1n) is 13.7. The van der Waals surface area contributed by atoms with E-state index in [1.807, 2.05) is 109 Å². The molecule has 0 N–H and O–H groups in total. The Balaban J connectivity index is 1.29. The fourth-order valence-corrected chi connectivity index (χ4v) is 4.27. The van der Waals surface area contributed by atoms with Crippen molar-refractivity contribution in [2.75, 3.05) is 7.11 Å². The number of hydrogen-bond donors (Lipinski definition) is 0. The fourth-order valence-electron chi connectivity index (χ4n) is 4.27. The second kappa shape index (κ2) is 14.4. The summed E-state index contributed by atoms with van der Waals surface area (Å²) in [5.41, 5.74) is 4.44. The van der Waals surface area contributed by atoms with Gasteiger partial charge in [0, 0.05) is 5.56 Å². The van der Waals surface area contributed by atoms with E-state index in [9.17, 15) is 4.79 Å². The third-order valence-corrected chi connectivity index (χ3v) is 6.55. The van der Waals surface area contributed by atoms with Crippen LogP contribution in [0.5, 0.6) is 23.0 Å². The number of ketones is 1. The van der Waals surface area contributed by atoms with Crippen molar-refractivity contribution in [3.05, 3.63) is 161 Å². The Labute approximate surface area is 246 Å². The number of allylic oxidation sites excluding steroid dienone is 1. The molecule has 0 bridgehead atoms. The summed E-state index contributed by atoms with van der Waals surface area (Å²) in [6.45, 7) is 1.18. The van der Waals surface area contributed by atoms with Gasteiger partial charge >= 0.3 is 0 Å². The van der Waals surface area contributed by atoms with Gasteiger partial charge in [-0.3, -0.25) is 4.79 Å². The van der Waals surface area contributed by atoms with Gasteiger partial charge in [-0.1, -0.05) is 103 Å². The van der Waals surface area contributed by atoms with E-state index in [-0.39, 0.29) is 5.78 Å². The first-order valence-corrected chi connectivity index (χ1v) is 13.7. The topological polar surface area (TPSA) is 54.0 Å². The van der Waals surface area contributed by atoms with E-state index in [4.69, 9.17) is 18.9 Å². The lowest BCUT2D eigenvalue weighted by Crippen LogP contribution is -2.03. The van der Waals surface area contributed by atoms with Gasteiger partial charge in [-0.25, -0.2) is 0 Å². The van der Waals surface area contributed by atoms with Crippen LogP contribution in [0, 0.1) is 0 Å². The molecule has 0 aromatic heterocycles. The van der Waals surface area contributed by atoms with Crippen molar-refractivity contribution < 1.29 is 23.7 Å². The second-order valence-corrected chi connectivity index (χ2v) is 9.59. The Bertz CT molecular complexity index is 1610. The van der Waals surface area contributed by atoms with E-state index in [1.165, 1.54) is 0 Å². The van der Waals surface area contributed by atoms with Gasteiger partial charge in [0.2, 0.25) is 0 Å². The molecule has 5 rings (SSSR count). The van der Waals surface area contributed by atoms with E-state index in [0.717, 1.165) is 22.3 Å². The average molecular weight is 557 g/mol. The van der Waals surface area contributed by atoms with Crippen molar-refractivity contribution in [1.82, 2.24) is 0 Å². The van der Waals surface area contributed by atoms with Crippen LogP contribution in [0.2, 0.25) is 0 Å². The number of carbonyl (C=O) groups excluding carboxylic acids is 1. The smallest absolute Gasteiger partial charge is 0.185 e. The highest BCUT2D eigenvalue weighted by molar-refractivity contribution is 6.07. The highest BCUT2D eigenvalue weighted by Gasteiger charge is 2.12. The summed E-state index contributed by atoms with van der Waals surface area (Å²) in [5.74, 6) is 2.16. The van der Waals surface area contributed by atoms with E-state index < -0.39 is 0 Å². The van der Waals surface area contributed by atoms with E-state index in [1.54, 1.807) is 37.5 Å². The van der Waals surface area contributed by atoms with Crippen LogP contribution in [0.25, 0.3) is 6.08 Å². The standard InChI is InChI=1S/C37H32O5/c1-39-36-23-28(18-21-34(36)40-25-29-11-5-2-6-12-29)17-20-33(38)32-19-22-35(41-26-30-13-7-3-8-14-30)37(24-32)42-27-31-15-9-4-10-16-31/h2-24H,25-27H2,1H3/b20-17+. The Morgan fingerprint density at radius 3 is 1.55 bits per heavy atom. The minimum Gasteiger partial charge on any atom is -0.493 e. The predicted molar refractivity (Wildman–Crippen MR) is 165 cm³/mol. The van der Waals surface area contributed by atoms with Crippen molar-refractivity contribution in [1.29, 1.82) is 0 Å². The van der Waals surface area contributed by atoms with Gasteiger partial charge in [0.15, 0.2) is 28.8 Å². The van der Waals surface area contributed by atoms with Gasteiger partial charge in [-0.05, 0) is 58.7 Å². The molecule has 0 aliphatic heterocycles. The molecule has 210 valence electrons. The summed E-state index contributed by atoms with van der Waals surface area (Å²) in [6.07, 6.45) is 3.30. The molecule has 0 saturated carbocycles. The first kappa shape index (κ1) is 28.2. The molecule has 0 saturated heterocycles. The molecule has 0 unspecified atom stereocenters. The molecule has 0 aliphatic rings. The molecule has 0 fully saturated rings. The number of methoxy groups -OCH3 is 1. The van der Waals surface area contributed by atoms with Crippen LogP contribution in [0.15, 0.2) is 133 Å². The SMILES string of the molecule is COc1cc(/C=C/C(=O)c2ccc(OCc3ccccc3)c(OCc3ccccc3)c2)ccc1OCc1ccccc1. The number of hydrogen-bond acceptors (Lipinski definition) is 5. The van der Waals surface area contributed by atoms with Crippen LogP contribution in [0.4, 0.5) is 0 Å². The summed E-state index contributed by atoms with van der Waals surface area (Å²) >= 11 is 0. The lowest BCUT2D eigenvalue weighted by atomic mass is 10.1. The van der Waals surface area contributed by atoms with Crippen LogP contribution in [-0.2, 0) is 19.8 Å². The third kappa shape index (κ3) is 7.89. The zero-order valence-corrected chi connectivity index (χ0v) is 23.4. The Morgan fingerprint density at radius 1 is 0.548 bits per heavy atom. The highest BCUT2D eigenvalue weighted by Crippen LogP contribution is 2.32. The monoisotopic (exact) mass is 556 g/mol. The first-order chi connectivity index (χ1) is 20.7. The van der Waals surface area contributed by atoms with E-state index >= 15 is 0 Å². The van der Waals surface area contributed by atoms with Gasteiger partial charge in [0.1, 0.15) is 19.8 Å². The molecule has 0 heterocycles. The third-order valence-electron chi connectivity index (χ3n) is 6.55. The van der Waals surface area contributed by atoms with Crippen molar-refractivity contribution in [2.45, 2.75) is 19.8 Å². The van der Waals surface area contributed by atoms with Gasteiger partial charge in [-0.15, -0.1) is 0 Å². The molecule has 5 aromatic carbocycles. The Hall–Kier alpha value is -5.29. The van der Waals surface area contributed by atoms with Crippen LogP contribution in [0.3, 0.4) is 0 Å². The molecule has 0 radical (unpaired) electrons. The molecular formula is C37H32O5. The lowest BCUT2D eigenvalue weighted by Gasteiger charge is -2.14. The quantitative estimate of drug-likeness (QED) is 0.108. The van der Waals surface area contributed by atoms with Crippen molar-refractivity contribution in [3.8, 4) is 23.0 Å². The van der Waals surface area contributed by atoms with Crippen molar-refractivity contribution >= 4 is 11.9 Å². The minimum absolute atomic E-state index is 0.155. The van der Waals surface area contributed by atoms with Crippen LogP contribution in [0.1, 0.15) is 32.6 Å². The molecule has 0 aliphatic carbocycles. The van der Waals surface area contributed by atoms with Gasteiger partial charge < -0.3 is 18.9 Å². The normalized spacial score (nSPS) is 10.8. The summed E-state index contributed by atoms with van der Waals surface area (Å²) in [5, 5.41) is 0. The van der Waals surface area contributed by atoms with Gasteiger partial charge in [-0.2, -0.15) is 0 Å². The number of benzene rings is 5. The fraction of sp³-hybridized carbons (Fsp3) is 0.108. The predicted octanol–water partition coefficient (Wildman–Crippen LogP) is 8.33. The van der Waals surface area contributed by atoms with Crippen molar-refractivity contribution in [2.24, 2.45) is 0 Å². The summed E-state index contributed by atoms with van der Waals surface area (Å²) in [4.78, 5) is 13.2. The molecule has 5 nitrogen and oxygen atoms in total. The molecule has 42 heavy (non-hydrogen) atoms. The molecule has 0 atom stereocenters. The molecule has 5 heteroatoms. The number of carbonyl (C=O) groups is 1. The Kier molecular flexibility index (Phi) is 9.67. The van der Waals surface area contributed by atoms with Crippen LogP contribution < -0.4 is 18.9 Å². The van der Waals surface area contributed by atoms with Crippen LogP contribution >= 0.6 is 0 Å². The molecule has 5 aromatic rings. The van der Waals surface area contributed by atoms with Crippen LogP contribution in [-0.4, -0.2) is 12.9 Å². The maximum atomic E-state index is 13.2. The highest BCUT2D eigenvalue weighted by atomic mass is 16.5. The maximum absolute atomic E-state index is 13.2. The zero-order valence-electron chi connectivity index (χ0n) is 23.4. The molecule has 0 spiro atoms. The van der Waals surface area contributed by atoms with Gasteiger partial charge in [0.05, 0.1) is 7.11 Å². The van der Waals surface area contributed by atoms with Crippen molar-refractivity contribution in [3.63, 3.8) is 0 Å². The Morgan fingerprint density at radius 2 is 1.02 bits per heavy atom. The van der Waals surface area contributed by atoms with Gasteiger partial charge in [0.25, 0.3) is 0 Å². The molecular weight excluding hydrogens is 524 g/mol. The minimum atomic E-state index is -0.155. The average Bonchev–Trinajstić information content (AvgIpc) is 3.06. The summed E-state index contributed by atoms with van der Waals surface area (Å²) < 4.78 is 23.7. The summed E-state index contributed by atoms with van der Waals surface area (Å²) in [7, 11) is 1.60. The molecule has 0 amide bonds. The van der Waals surface area contributed by atoms with E-state index in [0.29, 0.717) is 48.4 Å². The second-order valence-electron chi connectivity index (χ2n) is 9.59. The van der Waals surface area contributed by atoms with E-state index in [2.05, 4.69) is 0 Å². The largest absolute Gasteiger partial charge is 0.493 e. The zero-order chi connectivity index (χ0) is 29.0. The number of ether oxygens (including phenoxy) is 4.